The van der Waals surface area contributed by atoms with Gasteiger partial charge in [0.15, 0.2) is 0 Å². The second-order valence-electron chi connectivity index (χ2n) is 4.67. The molecule has 2 unspecified atom stereocenters. The Labute approximate surface area is 114 Å². The predicted octanol–water partition coefficient (Wildman–Crippen LogP) is 2.25. The number of hydrogen-bond acceptors (Lipinski definition) is 5. The summed E-state index contributed by atoms with van der Waals surface area (Å²) in [6.07, 6.45) is 8.28. The zero-order valence-electron chi connectivity index (χ0n) is 11.6. The van der Waals surface area contributed by atoms with E-state index in [0.29, 0.717) is 0 Å². The maximum Gasteiger partial charge on any atom is 0.323 e. The standard InChI is InChI=1S/C13H22NO4P/c1-10(2)17-13(15)11(3)14-9-19(16)18-12-7-5-4-6-8-12/h4-7,10-12,14,19H,8-9H2,1-3H3/t11-,12?/m0/s1. The van der Waals surface area contributed by atoms with E-state index in [2.05, 4.69) is 5.32 Å². The van der Waals surface area contributed by atoms with Crippen molar-refractivity contribution in [2.24, 2.45) is 0 Å². The van der Waals surface area contributed by atoms with Crippen LogP contribution in [0.25, 0.3) is 0 Å². The summed E-state index contributed by atoms with van der Waals surface area (Å²) in [6.45, 7) is 5.27. The van der Waals surface area contributed by atoms with Crippen molar-refractivity contribution in [3.8, 4) is 0 Å². The molecule has 0 aromatic rings. The SMILES string of the molecule is CC(C)OC(=O)[C@H](C)NC[PH](=O)OC1C=CC=CC1. The minimum atomic E-state index is -2.20. The van der Waals surface area contributed by atoms with Crippen LogP contribution in [0, 0.1) is 0 Å². The Morgan fingerprint density at radius 3 is 2.74 bits per heavy atom. The minimum absolute atomic E-state index is 0.129. The van der Waals surface area contributed by atoms with Gasteiger partial charge in [0, 0.05) is 0 Å². The molecule has 0 amide bonds. The molecular formula is C13H22NO4P. The highest BCUT2D eigenvalue weighted by molar-refractivity contribution is 7.39. The lowest BCUT2D eigenvalue weighted by atomic mass is 10.1. The van der Waals surface area contributed by atoms with Crippen molar-refractivity contribution in [2.45, 2.75) is 45.4 Å². The highest BCUT2D eigenvalue weighted by atomic mass is 31.1. The topological polar surface area (TPSA) is 64.6 Å². The molecule has 0 aromatic heterocycles. The van der Waals surface area contributed by atoms with E-state index in [0.717, 1.165) is 6.42 Å². The molecule has 0 saturated carbocycles. The van der Waals surface area contributed by atoms with E-state index in [9.17, 15) is 9.36 Å². The van der Waals surface area contributed by atoms with Gasteiger partial charge in [-0.2, -0.15) is 0 Å². The first-order valence-electron chi connectivity index (χ1n) is 6.45. The molecule has 1 N–H and O–H groups in total. The van der Waals surface area contributed by atoms with Crippen molar-refractivity contribution in [1.82, 2.24) is 5.32 Å². The quantitative estimate of drug-likeness (QED) is 0.574. The number of nitrogens with one attached hydrogen (secondary N) is 1. The summed E-state index contributed by atoms with van der Waals surface area (Å²) in [5.41, 5.74) is 0. The molecule has 6 heteroatoms. The van der Waals surface area contributed by atoms with Gasteiger partial charge in [0.25, 0.3) is 0 Å². The number of hydrogen-bond donors (Lipinski definition) is 1. The Morgan fingerprint density at radius 1 is 1.42 bits per heavy atom. The van der Waals surface area contributed by atoms with Gasteiger partial charge < -0.3 is 9.26 Å². The van der Waals surface area contributed by atoms with Crippen molar-refractivity contribution in [2.75, 3.05) is 6.29 Å². The molecule has 0 aromatic carbocycles. The molecule has 0 bridgehead atoms. The van der Waals surface area contributed by atoms with Crippen LogP contribution in [0.4, 0.5) is 0 Å². The molecule has 1 aliphatic carbocycles. The van der Waals surface area contributed by atoms with Crippen LogP contribution in [0.1, 0.15) is 27.2 Å². The van der Waals surface area contributed by atoms with E-state index in [1.165, 1.54) is 0 Å². The lowest BCUT2D eigenvalue weighted by Crippen LogP contribution is -2.36. The van der Waals surface area contributed by atoms with Gasteiger partial charge in [-0.05, 0) is 27.2 Å². The van der Waals surface area contributed by atoms with Crippen LogP contribution >= 0.6 is 8.03 Å². The molecule has 0 heterocycles. The first-order chi connectivity index (χ1) is 8.99. The van der Waals surface area contributed by atoms with Crippen LogP contribution in [-0.2, 0) is 18.6 Å². The van der Waals surface area contributed by atoms with Gasteiger partial charge in [-0.1, -0.05) is 24.3 Å². The summed E-state index contributed by atoms with van der Waals surface area (Å²) in [5.74, 6) is -0.342. The molecule has 108 valence electrons. The third kappa shape index (κ3) is 6.71. The maximum atomic E-state index is 11.8. The van der Waals surface area contributed by atoms with Crippen LogP contribution in [-0.4, -0.2) is 30.5 Å². The molecule has 3 atom stereocenters. The van der Waals surface area contributed by atoms with Crippen LogP contribution < -0.4 is 5.32 Å². The Bertz CT molecular complexity index is 379. The van der Waals surface area contributed by atoms with Crippen molar-refractivity contribution in [3.63, 3.8) is 0 Å². The normalized spacial score (nSPS) is 21.4. The van der Waals surface area contributed by atoms with Gasteiger partial charge in [0.1, 0.15) is 6.04 Å². The predicted molar refractivity (Wildman–Crippen MR) is 75.5 cm³/mol. The number of rotatable bonds is 7. The van der Waals surface area contributed by atoms with Crippen LogP contribution in [0.2, 0.25) is 0 Å². The van der Waals surface area contributed by atoms with E-state index in [-0.39, 0.29) is 24.5 Å². The Hall–Kier alpha value is -0.900. The highest BCUT2D eigenvalue weighted by Crippen LogP contribution is 2.26. The molecular weight excluding hydrogens is 265 g/mol. The summed E-state index contributed by atoms with van der Waals surface area (Å²) in [7, 11) is -2.20. The second-order valence-corrected chi connectivity index (χ2v) is 6.00. The van der Waals surface area contributed by atoms with Crippen LogP contribution in [0.3, 0.4) is 0 Å². The average molecular weight is 287 g/mol. The molecule has 0 radical (unpaired) electrons. The molecule has 0 spiro atoms. The van der Waals surface area contributed by atoms with E-state index in [1.54, 1.807) is 20.8 Å². The molecule has 0 aliphatic heterocycles. The summed E-state index contributed by atoms with van der Waals surface area (Å²) in [4.78, 5) is 11.5. The van der Waals surface area contributed by atoms with Crippen molar-refractivity contribution >= 4 is 14.0 Å². The van der Waals surface area contributed by atoms with Gasteiger partial charge in [-0.3, -0.25) is 14.7 Å². The minimum Gasteiger partial charge on any atom is -0.462 e. The van der Waals surface area contributed by atoms with Gasteiger partial charge in [0.2, 0.25) is 8.03 Å². The molecule has 5 nitrogen and oxygen atoms in total. The zero-order chi connectivity index (χ0) is 14.3. The third-order valence-electron chi connectivity index (χ3n) is 2.48. The van der Waals surface area contributed by atoms with E-state index < -0.39 is 14.1 Å². The maximum absolute atomic E-state index is 11.8. The van der Waals surface area contributed by atoms with E-state index >= 15 is 0 Å². The average Bonchev–Trinajstić information content (AvgIpc) is 2.36. The molecule has 0 saturated heterocycles. The van der Waals surface area contributed by atoms with Gasteiger partial charge in [-0.15, -0.1) is 0 Å². The summed E-state index contributed by atoms with van der Waals surface area (Å²) in [5, 5.41) is 2.87. The smallest absolute Gasteiger partial charge is 0.323 e. The van der Waals surface area contributed by atoms with Gasteiger partial charge >= 0.3 is 5.97 Å². The first kappa shape index (κ1) is 16.2. The fraction of sp³-hybridized carbons (Fsp3) is 0.615. The van der Waals surface area contributed by atoms with Crippen molar-refractivity contribution < 1.29 is 18.6 Å². The first-order valence-corrected chi connectivity index (χ1v) is 7.98. The number of carbonyl (C=O) groups is 1. The molecule has 1 aliphatic rings. The largest absolute Gasteiger partial charge is 0.462 e. The molecule has 1 rings (SSSR count). The zero-order valence-corrected chi connectivity index (χ0v) is 12.6. The van der Waals surface area contributed by atoms with Crippen LogP contribution in [0.5, 0.6) is 0 Å². The van der Waals surface area contributed by atoms with Crippen LogP contribution in [0.15, 0.2) is 24.3 Å². The fourth-order valence-corrected chi connectivity index (χ4v) is 2.58. The summed E-state index contributed by atoms with van der Waals surface area (Å²) in [6, 6.07) is -0.484. The van der Waals surface area contributed by atoms with Gasteiger partial charge in [0.05, 0.1) is 18.5 Å². The summed E-state index contributed by atoms with van der Waals surface area (Å²) >= 11 is 0. The fourth-order valence-electron chi connectivity index (χ4n) is 1.51. The van der Waals surface area contributed by atoms with Gasteiger partial charge in [-0.25, -0.2) is 0 Å². The van der Waals surface area contributed by atoms with Crippen molar-refractivity contribution in [1.29, 1.82) is 0 Å². The monoisotopic (exact) mass is 287 g/mol. The number of allylic oxidation sites excluding steroid dienone is 2. The lowest BCUT2D eigenvalue weighted by Gasteiger charge is -2.17. The second kappa shape index (κ2) is 8.31. The van der Waals surface area contributed by atoms with E-state index in [1.807, 2.05) is 24.3 Å². The Kier molecular flexibility index (Phi) is 7.06. The Balaban J connectivity index is 2.24. The number of ether oxygens (including phenoxy) is 1. The highest BCUT2D eigenvalue weighted by Gasteiger charge is 2.17. The lowest BCUT2D eigenvalue weighted by molar-refractivity contribution is -0.149. The van der Waals surface area contributed by atoms with E-state index in [4.69, 9.17) is 9.26 Å². The Morgan fingerprint density at radius 2 is 2.16 bits per heavy atom. The number of carbonyl (C=O) groups excluding carboxylic acids is 1. The molecule has 19 heavy (non-hydrogen) atoms. The third-order valence-corrected chi connectivity index (χ3v) is 3.54. The van der Waals surface area contributed by atoms with Crippen molar-refractivity contribution in [3.05, 3.63) is 24.3 Å². The molecule has 0 fully saturated rings. The number of esters is 1. The summed E-state index contributed by atoms with van der Waals surface area (Å²) < 4.78 is 22.2.